The molecule has 5 nitrogen and oxygen atoms in total. The van der Waals surface area contributed by atoms with E-state index < -0.39 is 5.97 Å². The first-order valence-electron chi connectivity index (χ1n) is 8.03. The Morgan fingerprint density at radius 3 is 2.61 bits per heavy atom. The minimum Gasteiger partial charge on any atom is -0.488 e. The quantitative estimate of drug-likeness (QED) is 0.906. The zero-order chi connectivity index (χ0) is 17.0. The third kappa shape index (κ3) is 4.71. The van der Waals surface area contributed by atoms with Crippen molar-refractivity contribution < 1.29 is 19.4 Å². The van der Waals surface area contributed by atoms with E-state index in [9.17, 15) is 9.59 Å². The molecule has 1 heterocycles. The number of carboxylic acids is 1. The van der Waals surface area contributed by atoms with Crippen LogP contribution in [-0.4, -0.2) is 41.1 Å². The summed E-state index contributed by atoms with van der Waals surface area (Å²) in [5.41, 5.74) is 1.14. The van der Waals surface area contributed by atoms with Gasteiger partial charge in [0.15, 0.2) is 0 Å². The number of rotatable bonds is 5. The van der Waals surface area contributed by atoms with Crippen molar-refractivity contribution in [1.29, 1.82) is 0 Å². The van der Waals surface area contributed by atoms with E-state index in [0.29, 0.717) is 13.1 Å². The number of hydrogen-bond acceptors (Lipinski definition) is 3. The summed E-state index contributed by atoms with van der Waals surface area (Å²) >= 11 is 0. The monoisotopic (exact) mass is 319 g/mol. The van der Waals surface area contributed by atoms with Crippen molar-refractivity contribution in [3.8, 4) is 5.75 Å². The molecule has 1 aromatic carbocycles. The van der Waals surface area contributed by atoms with Gasteiger partial charge in [-0.2, -0.15) is 0 Å². The van der Waals surface area contributed by atoms with Crippen molar-refractivity contribution in [2.75, 3.05) is 13.1 Å². The number of nitrogens with zero attached hydrogens (tertiary/aromatic N) is 1. The zero-order valence-electron chi connectivity index (χ0n) is 14.0. The number of benzene rings is 1. The van der Waals surface area contributed by atoms with Crippen LogP contribution in [0.3, 0.4) is 0 Å². The molecule has 1 fully saturated rings. The minimum atomic E-state index is -0.940. The first-order chi connectivity index (χ1) is 10.8. The van der Waals surface area contributed by atoms with E-state index in [4.69, 9.17) is 9.84 Å². The van der Waals surface area contributed by atoms with Crippen molar-refractivity contribution in [3.05, 3.63) is 29.8 Å². The number of amides is 1. The molecule has 1 aliphatic heterocycles. The number of hydrogen-bond donors (Lipinski definition) is 1. The lowest BCUT2D eigenvalue weighted by atomic mass is 9.86. The van der Waals surface area contributed by atoms with E-state index in [1.54, 1.807) is 4.90 Å². The second kappa shape index (κ2) is 7.02. The van der Waals surface area contributed by atoms with Crippen LogP contribution in [0.25, 0.3) is 0 Å². The molecule has 1 aliphatic rings. The molecule has 1 amide bonds. The molecule has 2 rings (SSSR count). The third-order valence-electron chi connectivity index (χ3n) is 4.04. The van der Waals surface area contributed by atoms with E-state index in [1.165, 1.54) is 0 Å². The molecule has 1 unspecified atom stereocenters. The van der Waals surface area contributed by atoms with Crippen LogP contribution >= 0.6 is 0 Å². The van der Waals surface area contributed by atoms with Crippen LogP contribution in [0.2, 0.25) is 0 Å². The predicted octanol–water partition coefficient (Wildman–Crippen LogP) is 2.83. The normalized spacial score (nSPS) is 18.0. The molecular formula is C18H25NO4. The molecule has 0 bridgehead atoms. The fourth-order valence-electron chi connectivity index (χ4n) is 2.79. The van der Waals surface area contributed by atoms with Gasteiger partial charge in [-0.1, -0.05) is 39.0 Å². The summed E-state index contributed by atoms with van der Waals surface area (Å²) < 4.78 is 6.13. The van der Waals surface area contributed by atoms with Crippen LogP contribution < -0.4 is 4.74 Å². The van der Waals surface area contributed by atoms with E-state index in [0.717, 1.165) is 17.7 Å². The minimum absolute atomic E-state index is 0.00775. The van der Waals surface area contributed by atoms with Gasteiger partial charge in [0, 0.05) is 19.4 Å². The van der Waals surface area contributed by atoms with Gasteiger partial charge in [0.2, 0.25) is 5.91 Å². The summed E-state index contributed by atoms with van der Waals surface area (Å²) in [6, 6.07) is 7.99. The lowest BCUT2D eigenvalue weighted by molar-refractivity contribution is -0.140. The fourth-order valence-corrected chi connectivity index (χ4v) is 2.79. The number of aliphatic carboxylic acids is 1. The molecular weight excluding hydrogens is 294 g/mol. The van der Waals surface area contributed by atoms with Gasteiger partial charge in [-0.3, -0.25) is 9.59 Å². The number of para-hydroxylation sites is 1. The van der Waals surface area contributed by atoms with Crippen LogP contribution in [0, 0.1) is 0 Å². The van der Waals surface area contributed by atoms with E-state index >= 15 is 0 Å². The first-order valence-corrected chi connectivity index (χ1v) is 8.03. The Balaban J connectivity index is 1.96. The van der Waals surface area contributed by atoms with Crippen molar-refractivity contribution >= 4 is 11.9 Å². The average Bonchev–Trinajstić information content (AvgIpc) is 2.92. The lowest BCUT2D eigenvalue weighted by Crippen LogP contribution is -2.31. The molecule has 0 aromatic heterocycles. The van der Waals surface area contributed by atoms with E-state index in [1.807, 2.05) is 18.2 Å². The first kappa shape index (κ1) is 17.3. The van der Waals surface area contributed by atoms with Crippen LogP contribution in [0.15, 0.2) is 24.3 Å². The maximum Gasteiger partial charge on any atom is 0.303 e. The fraction of sp³-hybridized carbons (Fsp3) is 0.556. The van der Waals surface area contributed by atoms with Gasteiger partial charge in [0.1, 0.15) is 11.9 Å². The van der Waals surface area contributed by atoms with E-state index in [2.05, 4.69) is 26.8 Å². The van der Waals surface area contributed by atoms with Gasteiger partial charge in [-0.15, -0.1) is 0 Å². The van der Waals surface area contributed by atoms with Crippen molar-refractivity contribution in [1.82, 2.24) is 4.90 Å². The molecule has 126 valence electrons. The largest absolute Gasteiger partial charge is 0.488 e. The highest BCUT2D eigenvalue weighted by Gasteiger charge is 2.29. The summed E-state index contributed by atoms with van der Waals surface area (Å²) in [5, 5.41) is 8.66. The highest BCUT2D eigenvalue weighted by atomic mass is 16.5. The van der Waals surface area contributed by atoms with Gasteiger partial charge in [-0.25, -0.2) is 0 Å². The maximum atomic E-state index is 12.0. The Bertz CT molecular complexity index is 577. The summed E-state index contributed by atoms with van der Waals surface area (Å²) in [5.74, 6) is -0.183. The number of carboxylic acid groups (broad SMARTS) is 1. The van der Waals surface area contributed by atoms with Gasteiger partial charge >= 0.3 is 5.97 Å². The summed E-state index contributed by atoms with van der Waals surface area (Å²) in [6.45, 7) is 7.58. The number of likely N-dealkylation sites (tertiary alicyclic amines) is 1. The third-order valence-corrected chi connectivity index (χ3v) is 4.04. The van der Waals surface area contributed by atoms with Gasteiger partial charge in [0.05, 0.1) is 13.0 Å². The molecule has 0 aliphatic carbocycles. The van der Waals surface area contributed by atoms with Crippen LogP contribution in [0.5, 0.6) is 5.75 Å². The van der Waals surface area contributed by atoms with Crippen molar-refractivity contribution in [3.63, 3.8) is 0 Å². The Morgan fingerprint density at radius 1 is 1.26 bits per heavy atom. The van der Waals surface area contributed by atoms with Crippen LogP contribution in [0.1, 0.15) is 45.6 Å². The van der Waals surface area contributed by atoms with Crippen molar-refractivity contribution in [2.45, 2.75) is 51.6 Å². The molecule has 1 saturated heterocycles. The summed E-state index contributed by atoms with van der Waals surface area (Å²) in [7, 11) is 0. The molecule has 0 radical (unpaired) electrons. The predicted molar refractivity (Wildman–Crippen MR) is 87.6 cm³/mol. The second-order valence-corrected chi connectivity index (χ2v) is 7.01. The Morgan fingerprint density at radius 2 is 1.96 bits per heavy atom. The van der Waals surface area contributed by atoms with Crippen LogP contribution in [-0.2, 0) is 15.0 Å². The highest BCUT2D eigenvalue weighted by Crippen LogP contribution is 2.32. The van der Waals surface area contributed by atoms with E-state index in [-0.39, 0.29) is 30.3 Å². The highest BCUT2D eigenvalue weighted by molar-refractivity contribution is 5.80. The summed E-state index contributed by atoms with van der Waals surface area (Å²) in [4.78, 5) is 24.2. The molecule has 1 N–H and O–H groups in total. The van der Waals surface area contributed by atoms with Crippen molar-refractivity contribution in [2.24, 2.45) is 0 Å². The van der Waals surface area contributed by atoms with Gasteiger partial charge < -0.3 is 14.7 Å². The lowest BCUT2D eigenvalue weighted by Gasteiger charge is -2.24. The zero-order valence-corrected chi connectivity index (χ0v) is 14.0. The SMILES string of the molecule is CC(C)(C)c1ccccc1OC1CCN(C(=O)CCC(=O)O)C1. The molecule has 0 spiro atoms. The standard InChI is InChI=1S/C18H25NO4/c1-18(2,3)14-6-4-5-7-15(14)23-13-10-11-19(12-13)16(20)8-9-17(21)22/h4-7,13H,8-12H2,1-3H3,(H,21,22). The van der Waals surface area contributed by atoms with Gasteiger partial charge in [0.25, 0.3) is 0 Å². The van der Waals surface area contributed by atoms with Crippen LogP contribution in [0.4, 0.5) is 0 Å². The molecule has 5 heteroatoms. The molecule has 1 aromatic rings. The Hall–Kier alpha value is -2.04. The average molecular weight is 319 g/mol. The summed E-state index contributed by atoms with van der Waals surface area (Å²) in [6.07, 6.45) is 0.679. The van der Waals surface area contributed by atoms with Gasteiger partial charge in [-0.05, 0) is 17.0 Å². The maximum absolute atomic E-state index is 12.0. The number of carbonyl (C=O) groups excluding carboxylic acids is 1. The Kier molecular flexibility index (Phi) is 5.29. The molecule has 1 atom stereocenters. The smallest absolute Gasteiger partial charge is 0.303 e. The topological polar surface area (TPSA) is 66.8 Å². The molecule has 23 heavy (non-hydrogen) atoms. The number of ether oxygens (including phenoxy) is 1. The molecule has 0 saturated carbocycles. The second-order valence-electron chi connectivity index (χ2n) is 7.01. The number of carbonyl (C=O) groups is 2. The Labute approximate surface area is 137 Å².